The van der Waals surface area contributed by atoms with Crippen LogP contribution in [0.5, 0.6) is 0 Å². The summed E-state index contributed by atoms with van der Waals surface area (Å²) >= 11 is 0. The lowest BCUT2D eigenvalue weighted by Gasteiger charge is -2.18. The number of hydrogen-bond acceptors (Lipinski definition) is 3. The van der Waals surface area contributed by atoms with Crippen LogP contribution in [0.4, 0.5) is 0 Å². The Kier molecular flexibility index (Phi) is 2.88. The largest absolute Gasteiger partial charge is 0.481 e. The van der Waals surface area contributed by atoms with Crippen molar-refractivity contribution in [2.45, 2.75) is 33.7 Å². The Hall–Kier alpha value is -1.39. The Balaban J connectivity index is 2.83. The normalized spacial score (nSPS) is 11.6. The van der Waals surface area contributed by atoms with Gasteiger partial charge in [0.2, 0.25) is 0 Å². The highest BCUT2D eigenvalue weighted by atomic mass is 16.4. The van der Waals surface area contributed by atoms with E-state index in [2.05, 4.69) is 10.1 Å². The van der Waals surface area contributed by atoms with Crippen molar-refractivity contribution in [3.63, 3.8) is 0 Å². The molecule has 0 aromatic carbocycles. The van der Waals surface area contributed by atoms with Crippen molar-refractivity contribution >= 4 is 5.97 Å². The molecule has 0 atom stereocenters. The van der Waals surface area contributed by atoms with Crippen molar-refractivity contribution in [2.24, 2.45) is 5.41 Å². The number of carbonyl (C=O) groups is 1. The molecule has 14 heavy (non-hydrogen) atoms. The number of carboxylic acids is 1. The molecule has 0 aliphatic heterocycles. The van der Waals surface area contributed by atoms with E-state index in [1.807, 2.05) is 6.92 Å². The summed E-state index contributed by atoms with van der Waals surface area (Å²) in [5, 5.41) is 12.9. The molecule has 1 rings (SSSR count). The SMILES string of the molecule is CCn1ncnc1CC(C)(C)C(=O)O. The van der Waals surface area contributed by atoms with E-state index in [1.54, 1.807) is 18.5 Å². The molecule has 0 fully saturated rings. The van der Waals surface area contributed by atoms with Crippen LogP contribution in [0.25, 0.3) is 0 Å². The molecule has 1 aromatic rings. The second-order valence-corrected chi connectivity index (χ2v) is 3.86. The Morgan fingerprint density at radius 3 is 2.79 bits per heavy atom. The number of rotatable bonds is 4. The monoisotopic (exact) mass is 197 g/mol. The molecular weight excluding hydrogens is 182 g/mol. The van der Waals surface area contributed by atoms with Crippen LogP contribution in [-0.2, 0) is 17.8 Å². The van der Waals surface area contributed by atoms with Gasteiger partial charge in [-0.1, -0.05) is 0 Å². The number of nitrogens with zero attached hydrogens (tertiary/aromatic N) is 3. The van der Waals surface area contributed by atoms with Gasteiger partial charge in [-0.2, -0.15) is 5.10 Å². The Bertz CT molecular complexity index is 331. The fourth-order valence-electron chi connectivity index (χ4n) is 1.16. The fourth-order valence-corrected chi connectivity index (χ4v) is 1.16. The van der Waals surface area contributed by atoms with Gasteiger partial charge < -0.3 is 5.11 Å². The smallest absolute Gasteiger partial charge is 0.309 e. The van der Waals surface area contributed by atoms with Crippen LogP contribution in [0.2, 0.25) is 0 Å². The minimum Gasteiger partial charge on any atom is -0.481 e. The van der Waals surface area contributed by atoms with Crippen LogP contribution >= 0.6 is 0 Å². The molecular formula is C9H15N3O2. The third-order valence-corrected chi connectivity index (χ3v) is 2.17. The van der Waals surface area contributed by atoms with E-state index in [4.69, 9.17) is 5.11 Å². The zero-order valence-electron chi connectivity index (χ0n) is 8.69. The molecule has 0 aliphatic rings. The highest BCUT2D eigenvalue weighted by molar-refractivity contribution is 5.73. The molecule has 0 saturated heterocycles. The molecule has 0 unspecified atom stereocenters. The molecule has 1 aromatic heterocycles. The van der Waals surface area contributed by atoms with Gasteiger partial charge in [-0.05, 0) is 20.8 Å². The van der Waals surface area contributed by atoms with Crippen molar-refractivity contribution in [1.29, 1.82) is 0 Å². The Morgan fingerprint density at radius 1 is 1.64 bits per heavy atom. The lowest BCUT2D eigenvalue weighted by molar-refractivity contribution is -0.146. The lowest BCUT2D eigenvalue weighted by Crippen LogP contribution is -2.27. The van der Waals surface area contributed by atoms with E-state index in [9.17, 15) is 4.79 Å². The molecule has 0 spiro atoms. The average molecular weight is 197 g/mol. The molecule has 0 aliphatic carbocycles. The van der Waals surface area contributed by atoms with E-state index in [-0.39, 0.29) is 0 Å². The highest BCUT2D eigenvalue weighted by Crippen LogP contribution is 2.20. The van der Waals surface area contributed by atoms with Gasteiger partial charge in [0.05, 0.1) is 5.41 Å². The maximum absolute atomic E-state index is 10.9. The zero-order valence-corrected chi connectivity index (χ0v) is 8.69. The van der Waals surface area contributed by atoms with E-state index >= 15 is 0 Å². The summed E-state index contributed by atoms with van der Waals surface area (Å²) in [6.07, 6.45) is 1.85. The van der Waals surface area contributed by atoms with E-state index < -0.39 is 11.4 Å². The highest BCUT2D eigenvalue weighted by Gasteiger charge is 2.29. The summed E-state index contributed by atoms with van der Waals surface area (Å²) in [6, 6.07) is 0. The van der Waals surface area contributed by atoms with Crippen LogP contribution in [0.3, 0.4) is 0 Å². The predicted molar refractivity (Wildman–Crippen MR) is 50.8 cm³/mol. The molecule has 5 nitrogen and oxygen atoms in total. The lowest BCUT2D eigenvalue weighted by atomic mass is 9.89. The van der Waals surface area contributed by atoms with E-state index in [0.29, 0.717) is 13.0 Å². The van der Waals surface area contributed by atoms with Gasteiger partial charge in [-0.3, -0.25) is 9.48 Å². The molecule has 0 radical (unpaired) electrons. The van der Waals surface area contributed by atoms with Crippen molar-refractivity contribution in [3.8, 4) is 0 Å². The predicted octanol–water partition coefficient (Wildman–Crippen LogP) is 0.951. The summed E-state index contributed by atoms with van der Waals surface area (Å²) in [6.45, 7) is 6.03. The first-order valence-electron chi connectivity index (χ1n) is 4.57. The van der Waals surface area contributed by atoms with Gasteiger partial charge >= 0.3 is 5.97 Å². The van der Waals surface area contributed by atoms with Crippen molar-refractivity contribution in [1.82, 2.24) is 14.8 Å². The van der Waals surface area contributed by atoms with Crippen molar-refractivity contribution < 1.29 is 9.90 Å². The molecule has 0 bridgehead atoms. The maximum Gasteiger partial charge on any atom is 0.309 e. The van der Waals surface area contributed by atoms with Gasteiger partial charge in [0, 0.05) is 13.0 Å². The van der Waals surface area contributed by atoms with Crippen LogP contribution in [0, 0.1) is 5.41 Å². The maximum atomic E-state index is 10.9. The van der Waals surface area contributed by atoms with Crippen molar-refractivity contribution in [3.05, 3.63) is 12.2 Å². The molecule has 78 valence electrons. The van der Waals surface area contributed by atoms with E-state index in [0.717, 1.165) is 5.82 Å². The quantitative estimate of drug-likeness (QED) is 0.780. The van der Waals surface area contributed by atoms with Gasteiger partial charge in [-0.25, -0.2) is 4.98 Å². The zero-order chi connectivity index (χ0) is 10.8. The first-order valence-corrected chi connectivity index (χ1v) is 4.57. The van der Waals surface area contributed by atoms with Crippen LogP contribution in [-0.4, -0.2) is 25.8 Å². The van der Waals surface area contributed by atoms with Gasteiger partial charge in [0.1, 0.15) is 12.2 Å². The molecule has 1 N–H and O–H groups in total. The first-order chi connectivity index (χ1) is 6.47. The van der Waals surface area contributed by atoms with Crippen LogP contribution in [0.1, 0.15) is 26.6 Å². The molecule has 0 saturated carbocycles. The number of carboxylic acid groups (broad SMARTS) is 1. The second kappa shape index (κ2) is 3.77. The number of aryl methyl sites for hydroxylation is 1. The standard InChI is InChI=1S/C9H15N3O2/c1-4-12-7(10-6-11-12)5-9(2,3)8(13)14/h6H,4-5H2,1-3H3,(H,13,14). The molecule has 1 heterocycles. The number of aromatic nitrogens is 3. The third kappa shape index (κ3) is 2.10. The fraction of sp³-hybridized carbons (Fsp3) is 0.667. The summed E-state index contributed by atoms with van der Waals surface area (Å²) in [7, 11) is 0. The second-order valence-electron chi connectivity index (χ2n) is 3.86. The number of hydrogen-bond donors (Lipinski definition) is 1. The van der Waals surface area contributed by atoms with Crippen LogP contribution < -0.4 is 0 Å². The minimum atomic E-state index is -0.817. The van der Waals surface area contributed by atoms with Crippen LogP contribution in [0.15, 0.2) is 6.33 Å². The Labute approximate surface area is 82.8 Å². The topological polar surface area (TPSA) is 68.0 Å². The molecule has 5 heteroatoms. The number of aliphatic carboxylic acids is 1. The first kappa shape index (κ1) is 10.7. The minimum absolute atomic E-state index is 0.399. The van der Waals surface area contributed by atoms with Gasteiger partial charge in [-0.15, -0.1) is 0 Å². The van der Waals surface area contributed by atoms with Gasteiger partial charge in [0.25, 0.3) is 0 Å². The van der Waals surface area contributed by atoms with Crippen molar-refractivity contribution in [2.75, 3.05) is 0 Å². The third-order valence-electron chi connectivity index (χ3n) is 2.17. The summed E-state index contributed by atoms with van der Waals surface area (Å²) in [5.41, 5.74) is -0.792. The summed E-state index contributed by atoms with van der Waals surface area (Å²) < 4.78 is 1.71. The van der Waals surface area contributed by atoms with E-state index in [1.165, 1.54) is 6.33 Å². The average Bonchev–Trinajstić information content (AvgIpc) is 2.50. The summed E-state index contributed by atoms with van der Waals surface area (Å²) in [4.78, 5) is 14.9. The Morgan fingerprint density at radius 2 is 2.29 bits per heavy atom. The van der Waals surface area contributed by atoms with Gasteiger partial charge in [0.15, 0.2) is 0 Å². The molecule has 0 amide bonds. The summed E-state index contributed by atoms with van der Waals surface area (Å²) in [5.74, 6) is -0.0944.